The van der Waals surface area contributed by atoms with Gasteiger partial charge in [0.25, 0.3) is 0 Å². The molecule has 0 saturated carbocycles. The molecule has 1 amide bonds. The molecule has 3 nitrogen and oxygen atoms in total. The van der Waals surface area contributed by atoms with Gasteiger partial charge in [0.1, 0.15) is 0 Å². The third-order valence-corrected chi connectivity index (χ3v) is 4.23. The molecule has 1 aromatic heterocycles. The van der Waals surface area contributed by atoms with E-state index in [9.17, 15) is 18.0 Å². The summed E-state index contributed by atoms with van der Waals surface area (Å²) in [6.07, 6.45) is -2.33. The van der Waals surface area contributed by atoms with Gasteiger partial charge in [-0.3, -0.25) is 9.78 Å². The zero-order chi connectivity index (χ0) is 17.2. The molecule has 6 heteroatoms. The van der Waals surface area contributed by atoms with Crippen LogP contribution in [0.5, 0.6) is 0 Å². The van der Waals surface area contributed by atoms with Crippen LogP contribution in [-0.4, -0.2) is 35.1 Å². The van der Waals surface area contributed by atoms with Crippen LogP contribution in [0.25, 0.3) is 11.1 Å². The van der Waals surface area contributed by atoms with Crippen LogP contribution in [0.2, 0.25) is 0 Å². The fraction of sp³-hybridized carbons (Fsp3) is 0.333. The van der Waals surface area contributed by atoms with Crippen LogP contribution in [0, 0.1) is 0 Å². The molecule has 0 unspecified atom stereocenters. The number of hydrogen-bond donors (Lipinski definition) is 0. The third kappa shape index (κ3) is 3.75. The van der Waals surface area contributed by atoms with Gasteiger partial charge < -0.3 is 4.90 Å². The molecule has 1 saturated heterocycles. The van der Waals surface area contributed by atoms with Crippen molar-refractivity contribution in [2.45, 2.75) is 24.9 Å². The van der Waals surface area contributed by atoms with E-state index in [-0.39, 0.29) is 5.92 Å². The molecule has 1 aromatic carbocycles. The van der Waals surface area contributed by atoms with Crippen LogP contribution in [0.3, 0.4) is 0 Å². The highest BCUT2D eigenvalue weighted by Crippen LogP contribution is 2.35. The second-order valence-electron chi connectivity index (χ2n) is 5.94. The maximum Gasteiger partial charge on any atom is 0.389 e. The van der Waals surface area contributed by atoms with Crippen LogP contribution in [0.15, 0.2) is 48.8 Å². The van der Waals surface area contributed by atoms with Crippen molar-refractivity contribution in [2.24, 2.45) is 0 Å². The Balaban J connectivity index is 1.66. The highest BCUT2D eigenvalue weighted by Gasteiger charge is 2.35. The first-order valence-electron chi connectivity index (χ1n) is 7.78. The van der Waals surface area contributed by atoms with Crippen molar-refractivity contribution >= 4 is 5.91 Å². The summed E-state index contributed by atoms with van der Waals surface area (Å²) in [7, 11) is 0. The first-order chi connectivity index (χ1) is 11.4. The van der Waals surface area contributed by atoms with Crippen molar-refractivity contribution in [1.29, 1.82) is 0 Å². The fourth-order valence-electron chi connectivity index (χ4n) is 2.92. The lowest BCUT2D eigenvalue weighted by Crippen LogP contribution is -2.48. The number of benzene rings is 1. The minimum Gasteiger partial charge on any atom is -0.341 e. The highest BCUT2D eigenvalue weighted by atomic mass is 19.4. The van der Waals surface area contributed by atoms with Crippen molar-refractivity contribution in [2.75, 3.05) is 13.1 Å². The number of likely N-dealkylation sites (tertiary alicyclic amines) is 1. The van der Waals surface area contributed by atoms with Gasteiger partial charge in [0.2, 0.25) is 5.91 Å². The Morgan fingerprint density at radius 1 is 1.17 bits per heavy atom. The zero-order valence-corrected chi connectivity index (χ0v) is 13.0. The molecule has 0 radical (unpaired) electrons. The van der Waals surface area contributed by atoms with E-state index in [4.69, 9.17) is 0 Å². The van der Waals surface area contributed by atoms with Crippen LogP contribution in [0.4, 0.5) is 13.2 Å². The van der Waals surface area contributed by atoms with Gasteiger partial charge in [0, 0.05) is 43.4 Å². The Bertz CT molecular complexity index is 710. The first-order valence-corrected chi connectivity index (χ1v) is 7.78. The lowest BCUT2D eigenvalue weighted by Gasteiger charge is -2.40. The predicted octanol–water partition coefficient (Wildman–Crippen LogP) is 4.02. The van der Waals surface area contributed by atoms with Crippen molar-refractivity contribution in [1.82, 2.24) is 9.88 Å². The van der Waals surface area contributed by atoms with Gasteiger partial charge >= 0.3 is 6.18 Å². The molecule has 3 rings (SSSR count). The van der Waals surface area contributed by atoms with Gasteiger partial charge in [0.15, 0.2) is 0 Å². The second kappa shape index (κ2) is 6.63. The summed E-state index contributed by atoms with van der Waals surface area (Å²) in [5, 5.41) is 0. The van der Waals surface area contributed by atoms with Crippen molar-refractivity contribution in [3.05, 3.63) is 54.4 Å². The predicted molar refractivity (Wildman–Crippen MR) is 84.3 cm³/mol. The fourth-order valence-corrected chi connectivity index (χ4v) is 2.92. The summed E-state index contributed by atoms with van der Waals surface area (Å²) in [4.78, 5) is 17.4. The summed E-state index contributed by atoms with van der Waals surface area (Å²) in [5.41, 5.74) is 3.15. The Morgan fingerprint density at radius 2 is 1.92 bits per heavy atom. The van der Waals surface area contributed by atoms with Gasteiger partial charge in [0.05, 0.1) is 6.42 Å². The zero-order valence-electron chi connectivity index (χ0n) is 13.0. The van der Waals surface area contributed by atoms with Crippen LogP contribution >= 0.6 is 0 Å². The van der Waals surface area contributed by atoms with E-state index >= 15 is 0 Å². The topological polar surface area (TPSA) is 33.2 Å². The molecular weight excluding hydrogens is 317 g/mol. The smallest absolute Gasteiger partial charge is 0.341 e. The van der Waals surface area contributed by atoms with E-state index in [0.29, 0.717) is 13.1 Å². The molecule has 0 atom stereocenters. The number of nitrogens with zero attached hydrogens (tertiary/aromatic N) is 2. The van der Waals surface area contributed by atoms with Gasteiger partial charge in [-0.05, 0) is 17.2 Å². The molecule has 24 heavy (non-hydrogen) atoms. The lowest BCUT2D eigenvalue weighted by molar-refractivity contribution is -0.151. The van der Waals surface area contributed by atoms with E-state index in [1.54, 1.807) is 12.4 Å². The Morgan fingerprint density at radius 3 is 2.58 bits per heavy atom. The van der Waals surface area contributed by atoms with Crippen LogP contribution < -0.4 is 0 Å². The summed E-state index contributed by atoms with van der Waals surface area (Å²) in [6.45, 7) is 0.932. The summed E-state index contributed by atoms with van der Waals surface area (Å²) >= 11 is 0. The Hall–Kier alpha value is -2.37. The molecular formula is C18H17F3N2O. The third-order valence-electron chi connectivity index (χ3n) is 4.23. The SMILES string of the molecule is O=C(CCC(F)(F)F)N1CC(c2ccccc2-c2cccnc2)C1. The van der Waals surface area contributed by atoms with Crippen molar-refractivity contribution in [3.63, 3.8) is 0 Å². The van der Waals surface area contributed by atoms with E-state index in [0.717, 1.165) is 16.7 Å². The molecule has 126 valence electrons. The number of carbonyl (C=O) groups excluding carboxylic acids is 1. The van der Waals surface area contributed by atoms with Gasteiger partial charge in [-0.25, -0.2) is 0 Å². The number of amides is 1. The molecule has 1 aliphatic rings. The average molecular weight is 334 g/mol. The molecule has 2 heterocycles. The average Bonchev–Trinajstić information content (AvgIpc) is 2.52. The highest BCUT2D eigenvalue weighted by molar-refractivity contribution is 5.78. The molecule has 2 aromatic rings. The van der Waals surface area contributed by atoms with E-state index < -0.39 is 24.9 Å². The number of carbonyl (C=O) groups is 1. The number of alkyl halides is 3. The summed E-state index contributed by atoms with van der Waals surface area (Å²) in [6, 6.07) is 11.7. The van der Waals surface area contributed by atoms with Gasteiger partial charge in [-0.15, -0.1) is 0 Å². The molecule has 1 aliphatic heterocycles. The number of rotatable bonds is 4. The van der Waals surface area contributed by atoms with E-state index in [1.807, 2.05) is 36.4 Å². The van der Waals surface area contributed by atoms with Crippen LogP contribution in [0.1, 0.15) is 24.3 Å². The molecule has 0 N–H and O–H groups in total. The van der Waals surface area contributed by atoms with Gasteiger partial charge in [-0.2, -0.15) is 13.2 Å². The van der Waals surface area contributed by atoms with E-state index in [1.165, 1.54) is 4.90 Å². The maximum absolute atomic E-state index is 12.2. The van der Waals surface area contributed by atoms with E-state index in [2.05, 4.69) is 4.98 Å². The quantitative estimate of drug-likeness (QED) is 0.846. The van der Waals surface area contributed by atoms with Crippen LogP contribution in [-0.2, 0) is 4.79 Å². The molecule has 1 fully saturated rings. The number of halogens is 3. The monoisotopic (exact) mass is 334 g/mol. The summed E-state index contributed by atoms with van der Waals surface area (Å²) in [5.74, 6) is -0.279. The minimum atomic E-state index is -4.28. The van der Waals surface area contributed by atoms with Crippen molar-refractivity contribution < 1.29 is 18.0 Å². The number of pyridine rings is 1. The minimum absolute atomic E-state index is 0.149. The maximum atomic E-state index is 12.2. The number of aromatic nitrogens is 1. The van der Waals surface area contributed by atoms with Crippen molar-refractivity contribution in [3.8, 4) is 11.1 Å². The molecule has 0 bridgehead atoms. The second-order valence-corrected chi connectivity index (χ2v) is 5.94. The normalized spacial score (nSPS) is 15.2. The molecule has 0 spiro atoms. The Kier molecular flexibility index (Phi) is 4.55. The molecule has 0 aliphatic carbocycles. The Labute approximate surface area is 138 Å². The number of hydrogen-bond acceptors (Lipinski definition) is 2. The van der Waals surface area contributed by atoms with Gasteiger partial charge in [-0.1, -0.05) is 30.3 Å². The lowest BCUT2D eigenvalue weighted by atomic mass is 9.86. The standard InChI is InChI=1S/C18H17F3N2O/c19-18(20,21)8-7-17(24)23-11-14(12-23)16-6-2-1-5-15(16)13-4-3-9-22-10-13/h1-6,9-10,14H,7-8,11-12H2. The largest absolute Gasteiger partial charge is 0.389 e. The summed E-state index contributed by atoms with van der Waals surface area (Å²) < 4.78 is 36.6. The first kappa shape index (κ1) is 16.5.